The minimum atomic E-state index is -4.93. The van der Waals surface area contributed by atoms with Crippen molar-refractivity contribution in [3.05, 3.63) is 63.2 Å². The average molecular weight is 553 g/mol. The van der Waals surface area contributed by atoms with E-state index in [-0.39, 0.29) is 11.1 Å². The van der Waals surface area contributed by atoms with Crippen LogP contribution in [0.5, 0.6) is 0 Å². The molecule has 4 rings (SSSR count). The van der Waals surface area contributed by atoms with Crippen LogP contribution in [0, 0.1) is 0 Å². The molecule has 3 aromatic rings. The molecule has 1 aliphatic carbocycles. The molecule has 1 fully saturated rings. The molecule has 0 aliphatic heterocycles. The second kappa shape index (κ2) is 9.70. The van der Waals surface area contributed by atoms with Gasteiger partial charge in [-0.25, -0.2) is 13.1 Å². The van der Waals surface area contributed by atoms with Crippen LogP contribution < -0.4 is 10.0 Å². The highest BCUT2D eigenvalue weighted by Crippen LogP contribution is 2.40. The lowest BCUT2D eigenvalue weighted by Gasteiger charge is -2.30. The number of hydrogen-bond donors (Lipinski definition) is 2. The van der Waals surface area contributed by atoms with E-state index in [1.165, 1.54) is 0 Å². The fourth-order valence-corrected chi connectivity index (χ4v) is 6.68. The van der Waals surface area contributed by atoms with Gasteiger partial charge in [-0.05, 0) is 62.1 Å². The van der Waals surface area contributed by atoms with Crippen molar-refractivity contribution in [2.24, 2.45) is 0 Å². The van der Waals surface area contributed by atoms with Crippen molar-refractivity contribution >= 4 is 61.4 Å². The van der Waals surface area contributed by atoms with Gasteiger partial charge in [0.1, 0.15) is 4.90 Å². The summed E-state index contributed by atoms with van der Waals surface area (Å²) in [5.74, 6) is 0. The van der Waals surface area contributed by atoms with Crippen LogP contribution in [-0.2, 0) is 16.2 Å². The summed E-state index contributed by atoms with van der Waals surface area (Å²) >= 11 is 17.6. The summed E-state index contributed by atoms with van der Waals surface area (Å²) in [5, 5.41) is 4.08. The van der Waals surface area contributed by atoms with E-state index in [0.29, 0.717) is 36.8 Å². The summed E-state index contributed by atoms with van der Waals surface area (Å²) in [6, 6.07) is 8.36. The Morgan fingerprint density at radius 3 is 2.26 bits per heavy atom. The van der Waals surface area contributed by atoms with Gasteiger partial charge < -0.3 is 5.32 Å². The molecule has 182 valence electrons. The fourth-order valence-electron chi connectivity index (χ4n) is 4.15. The van der Waals surface area contributed by atoms with Gasteiger partial charge in [-0.15, -0.1) is 0 Å². The van der Waals surface area contributed by atoms with Gasteiger partial charge in [0, 0.05) is 39.4 Å². The molecule has 1 heterocycles. The third-order valence-electron chi connectivity index (χ3n) is 5.70. The standard InChI is InChI=1S/C22H19Cl3F3N3O2S/c23-12-1-6-16-19(7-8-29-20(16)11-12)30-14-2-4-15(5-3-14)31-34(32,33)21-17(22(26,27)28)9-13(24)10-18(21)25/h1,6-11,14-15,31H,2-5H2,(H,29,30). The molecule has 0 radical (unpaired) electrons. The zero-order chi connectivity index (χ0) is 24.7. The van der Waals surface area contributed by atoms with Gasteiger partial charge in [0.05, 0.1) is 16.1 Å². The van der Waals surface area contributed by atoms with Crippen LogP contribution >= 0.6 is 34.8 Å². The number of anilines is 1. The Hall–Kier alpha value is -1.78. The summed E-state index contributed by atoms with van der Waals surface area (Å²) in [5.41, 5.74) is 0.241. The number of pyridine rings is 1. The largest absolute Gasteiger partial charge is 0.417 e. The molecule has 5 nitrogen and oxygen atoms in total. The third-order valence-corrected chi connectivity index (χ3v) is 8.18. The maximum atomic E-state index is 13.5. The maximum Gasteiger partial charge on any atom is 0.417 e. The highest BCUT2D eigenvalue weighted by Gasteiger charge is 2.40. The summed E-state index contributed by atoms with van der Waals surface area (Å²) in [7, 11) is -4.53. The molecule has 1 aromatic heterocycles. The Morgan fingerprint density at radius 2 is 1.59 bits per heavy atom. The van der Waals surface area contributed by atoms with E-state index in [4.69, 9.17) is 34.8 Å². The lowest BCUT2D eigenvalue weighted by molar-refractivity contribution is -0.139. The second-order valence-electron chi connectivity index (χ2n) is 8.10. The number of hydrogen-bond acceptors (Lipinski definition) is 4. The van der Waals surface area contributed by atoms with Crippen LogP contribution in [0.1, 0.15) is 31.2 Å². The highest BCUT2D eigenvalue weighted by molar-refractivity contribution is 7.89. The number of fused-ring (bicyclic) bond motifs is 1. The predicted molar refractivity (Wildman–Crippen MR) is 128 cm³/mol. The third kappa shape index (κ3) is 5.54. The first-order valence-electron chi connectivity index (χ1n) is 10.3. The van der Waals surface area contributed by atoms with Crippen molar-refractivity contribution in [1.82, 2.24) is 9.71 Å². The molecule has 2 N–H and O–H groups in total. The Morgan fingerprint density at radius 1 is 0.912 bits per heavy atom. The van der Waals surface area contributed by atoms with E-state index in [1.54, 1.807) is 18.3 Å². The second-order valence-corrected chi connectivity index (χ2v) is 11.0. The number of aromatic nitrogens is 1. The van der Waals surface area contributed by atoms with Gasteiger partial charge in [-0.2, -0.15) is 13.2 Å². The number of rotatable bonds is 5. The molecule has 0 amide bonds. The van der Waals surface area contributed by atoms with Crippen LogP contribution in [0.2, 0.25) is 15.1 Å². The van der Waals surface area contributed by atoms with E-state index in [2.05, 4.69) is 15.0 Å². The number of alkyl halides is 3. The number of nitrogens with zero attached hydrogens (tertiary/aromatic N) is 1. The van der Waals surface area contributed by atoms with Gasteiger partial charge in [0.15, 0.2) is 0 Å². The van der Waals surface area contributed by atoms with Crippen LogP contribution in [-0.4, -0.2) is 25.5 Å². The maximum absolute atomic E-state index is 13.5. The highest BCUT2D eigenvalue weighted by atomic mass is 35.5. The van der Waals surface area contributed by atoms with Crippen molar-refractivity contribution in [1.29, 1.82) is 0 Å². The molecule has 1 aliphatic rings. The normalized spacial score (nSPS) is 19.4. The van der Waals surface area contributed by atoms with E-state index in [1.807, 2.05) is 12.1 Å². The minimum absolute atomic E-state index is 0.0619. The number of sulfonamides is 1. The number of benzene rings is 2. The zero-order valence-corrected chi connectivity index (χ0v) is 20.5. The van der Waals surface area contributed by atoms with Crippen LogP contribution in [0.25, 0.3) is 10.9 Å². The molecule has 1 saturated carbocycles. The summed E-state index contributed by atoms with van der Waals surface area (Å²) in [6.45, 7) is 0. The first-order valence-corrected chi connectivity index (χ1v) is 12.9. The van der Waals surface area contributed by atoms with E-state index in [9.17, 15) is 21.6 Å². The molecule has 0 bridgehead atoms. The molecule has 12 heteroatoms. The molecular formula is C22H19Cl3F3N3O2S. The van der Waals surface area contributed by atoms with Gasteiger partial charge >= 0.3 is 6.18 Å². The van der Waals surface area contributed by atoms with Crippen LogP contribution in [0.4, 0.5) is 18.9 Å². The molecule has 34 heavy (non-hydrogen) atoms. The molecule has 0 spiro atoms. The summed E-state index contributed by atoms with van der Waals surface area (Å²) in [6.07, 6.45) is -1.14. The van der Waals surface area contributed by atoms with Gasteiger partial charge in [-0.3, -0.25) is 4.98 Å². The Balaban J connectivity index is 1.46. The number of nitrogens with one attached hydrogen (secondary N) is 2. The SMILES string of the molecule is O=S(=O)(NC1CCC(Nc2ccnc3cc(Cl)ccc23)CC1)c1c(Cl)cc(Cl)cc1C(F)(F)F. The predicted octanol–water partition coefficient (Wildman–Crippen LogP) is 6.92. The Bertz CT molecular complexity index is 1330. The zero-order valence-electron chi connectivity index (χ0n) is 17.5. The van der Waals surface area contributed by atoms with E-state index in [0.717, 1.165) is 22.7 Å². The summed E-state index contributed by atoms with van der Waals surface area (Å²) in [4.78, 5) is 3.31. The molecule has 0 unspecified atom stereocenters. The Labute approximate surface area is 209 Å². The van der Waals surface area contributed by atoms with Gasteiger partial charge in [0.2, 0.25) is 10.0 Å². The first kappa shape index (κ1) is 25.3. The van der Waals surface area contributed by atoms with E-state index >= 15 is 0 Å². The molecule has 2 aromatic carbocycles. The quantitative estimate of drug-likeness (QED) is 0.361. The smallest absolute Gasteiger partial charge is 0.382 e. The summed E-state index contributed by atoms with van der Waals surface area (Å²) < 4.78 is 68.6. The lowest BCUT2D eigenvalue weighted by atomic mass is 9.91. The Kier molecular flexibility index (Phi) is 7.22. The van der Waals surface area contributed by atoms with Crippen molar-refractivity contribution in [2.45, 2.75) is 48.8 Å². The molecule has 0 saturated heterocycles. The lowest BCUT2D eigenvalue weighted by Crippen LogP contribution is -2.40. The fraction of sp³-hybridized carbons (Fsp3) is 0.318. The average Bonchev–Trinajstić information content (AvgIpc) is 2.73. The first-order chi connectivity index (χ1) is 15.9. The minimum Gasteiger partial charge on any atom is -0.382 e. The van der Waals surface area contributed by atoms with Crippen molar-refractivity contribution in [2.75, 3.05) is 5.32 Å². The van der Waals surface area contributed by atoms with Gasteiger partial charge in [-0.1, -0.05) is 34.8 Å². The molecule has 0 atom stereocenters. The number of halogens is 6. The van der Waals surface area contributed by atoms with Crippen molar-refractivity contribution in [3.8, 4) is 0 Å². The van der Waals surface area contributed by atoms with Crippen molar-refractivity contribution in [3.63, 3.8) is 0 Å². The van der Waals surface area contributed by atoms with Crippen molar-refractivity contribution < 1.29 is 21.6 Å². The monoisotopic (exact) mass is 551 g/mol. The van der Waals surface area contributed by atoms with Crippen LogP contribution in [0.15, 0.2) is 47.5 Å². The van der Waals surface area contributed by atoms with Crippen LogP contribution in [0.3, 0.4) is 0 Å². The van der Waals surface area contributed by atoms with E-state index < -0.39 is 37.7 Å². The molecular weight excluding hydrogens is 534 g/mol. The topological polar surface area (TPSA) is 71.1 Å². The van der Waals surface area contributed by atoms with Gasteiger partial charge in [0.25, 0.3) is 0 Å².